The first-order chi connectivity index (χ1) is 17.6. The fourth-order valence-electron chi connectivity index (χ4n) is 4.00. The molecule has 9 heteroatoms. The monoisotopic (exact) mass is 519 g/mol. The Labute approximate surface area is 219 Å². The number of aryl methyl sites for hydroxylation is 2. The van der Waals surface area contributed by atoms with Crippen molar-refractivity contribution in [1.29, 1.82) is 0 Å². The second kappa shape index (κ2) is 9.79. The van der Waals surface area contributed by atoms with Crippen LogP contribution in [0.3, 0.4) is 0 Å². The maximum absolute atomic E-state index is 14.0. The fourth-order valence-corrected chi connectivity index (χ4v) is 4.92. The van der Waals surface area contributed by atoms with Gasteiger partial charge < -0.3 is 15.7 Å². The Bertz CT molecular complexity index is 1490. The van der Waals surface area contributed by atoms with E-state index in [4.69, 9.17) is 5.10 Å². The summed E-state index contributed by atoms with van der Waals surface area (Å²) in [7, 11) is 0. The SMILES string of the molecule is Cc1ccc(F)cc1Sc1cc(NCC(C)(C)O)c2ncc(-c3ccc(C(=O)NC4CC4)c(C)c3)n2n1. The summed E-state index contributed by atoms with van der Waals surface area (Å²) < 4.78 is 15.7. The largest absolute Gasteiger partial charge is 0.389 e. The van der Waals surface area contributed by atoms with Crippen molar-refractivity contribution in [2.75, 3.05) is 11.9 Å². The topological polar surface area (TPSA) is 91.5 Å². The summed E-state index contributed by atoms with van der Waals surface area (Å²) in [6.07, 6.45) is 3.82. The van der Waals surface area contributed by atoms with Gasteiger partial charge in [0.1, 0.15) is 10.8 Å². The number of aliphatic hydroxyl groups is 1. The molecule has 1 aliphatic carbocycles. The van der Waals surface area contributed by atoms with E-state index < -0.39 is 5.60 Å². The van der Waals surface area contributed by atoms with E-state index in [0.29, 0.717) is 34.5 Å². The summed E-state index contributed by atoms with van der Waals surface area (Å²) in [4.78, 5) is 18.0. The predicted octanol–water partition coefficient (Wildman–Crippen LogP) is 5.38. The number of fused-ring (bicyclic) bond motifs is 1. The van der Waals surface area contributed by atoms with Crippen LogP contribution in [0.4, 0.5) is 10.1 Å². The highest BCUT2D eigenvalue weighted by Crippen LogP contribution is 2.34. The van der Waals surface area contributed by atoms with Crippen molar-refractivity contribution in [2.24, 2.45) is 0 Å². The number of nitrogens with one attached hydrogen (secondary N) is 2. The molecule has 2 heterocycles. The van der Waals surface area contributed by atoms with E-state index in [1.54, 1.807) is 30.6 Å². The number of benzene rings is 2. The van der Waals surface area contributed by atoms with Crippen LogP contribution in [0.1, 0.15) is 48.2 Å². The summed E-state index contributed by atoms with van der Waals surface area (Å²) in [5.74, 6) is -0.357. The van der Waals surface area contributed by atoms with E-state index in [0.717, 1.165) is 40.1 Å². The van der Waals surface area contributed by atoms with Crippen molar-refractivity contribution in [3.63, 3.8) is 0 Å². The van der Waals surface area contributed by atoms with Crippen molar-refractivity contribution in [3.05, 3.63) is 71.2 Å². The Kier molecular flexibility index (Phi) is 6.68. The lowest BCUT2D eigenvalue weighted by Gasteiger charge is -2.19. The average Bonchev–Trinajstić information content (AvgIpc) is 3.54. The van der Waals surface area contributed by atoms with Gasteiger partial charge in [-0.05, 0) is 82.0 Å². The van der Waals surface area contributed by atoms with Crippen molar-refractivity contribution >= 4 is 29.0 Å². The van der Waals surface area contributed by atoms with Gasteiger partial charge in [0.15, 0.2) is 5.65 Å². The normalized spacial score (nSPS) is 13.7. The van der Waals surface area contributed by atoms with Gasteiger partial charge in [-0.2, -0.15) is 5.10 Å². The highest BCUT2D eigenvalue weighted by atomic mass is 32.2. The molecule has 0 saturated heterocycles. The number of anilines is 1. The van der Waals surface area contributed by atoms with E-state index in [-0.39, 0.29) is 11.7 Å². The van der Waals surface area contributed by atoms with Gasteiger partial charge in [0.05, 0.1) is 23.2 Å². The van der Waals surface area contributed by atoms with Gasteiger partial charge in [-0.3, -0.25) is 4.79 Å². The van der Waals surface area contributed by atoms with Gasteiger partial charge in [0.2, 0.25) is 0 Å². The fraction of sp³-hybridized carbons (Fsp3) is 0.321. The molecule has 0 aliphatic heterocycles. The first kappa shape index (κ1) is 25.2. The number of nitrogens with zero attached hydrogens (tertiary/aromatic N) is 3. The molecular weight excluding hydrogens is 489 g/mol. The van der Waals surface area contributed by atoms with Crippen LogP contribution >= 0.6 is 11.8 Å². The number of imidazole rings is 1. The number of carbonyl (C=O) groups is 1. The molecule has 2 aromatic carbocycles. The average molecular weight is 520 g/mol. The van der Waals surface area contributed by atoms with Crippen LogP contribution in [-0.2, 0) is 0 Å². The maximum Gasteiger partial charge on any atom is 0.251 e. The zero-order chi connectivity index (χ0) is 26.3. The van der Waals surface area contributed by atoms with Gasteiger partial charge in [-0.15, -0.1) is 0 Å². The Morgan fingerprint density at radius 1 is 1.16 bits per heavy atom. The number of rotatable bonds is 8. The Balaban J connectivity index is 1.55. The Morgan fingerprint density at radius 3 is 2.65 bits per heavy atom. The van der Waals surface area contributed by atoms with Crippen LogP contribution in [0, 0.1) is 19.7 Å². The molecule has 192 valence electrons. The number of halogens is 1. The molecule has 1 fully saturated rings. The van der Waals surface area contributed by atoms with Gasteiger partial charge in [0, 0.05) is 28.6 Å². The second-order valence-electron chi connectivity index (χ2n) is 10.2. The lowest BCUT2D eigenvalue weighted by molar-refractivity contribution is 0.0940. The molecule has 2 aromatic heterocycles. The first-order valence-electron chi connectivity index (χ1n) is 12.3. The molecule has 1 aliphatic rings. The lowest BCUT2D eigenvalue weighted by atomic mass is 10.0. The van der Waals surface area contributed by atoms with Crippen molar-refractivity contribution < 1.29 is 14.3 Å². The highest BCUT2D eigenvalue weighted by molar-refractivity contribution is 7.99. The van der Waals surface area contributed by atoms with Crippen molar-refractivity contribution in [2.45, 2.75) is 62.1 Å². The van der Waals surface area contributed by atoms with E-state index >= 15 is 0 Å². The molecule has 0 radical (unpaired) electrons. The van der Waals surface area contributed by atoms with Crippen molar-refractivity contribution in [1.82, 2.24) is 19.9 Å². The summed E-state index contributed by atoms with van der Waals surface area (Å²) in [5, 5.41) is 22.1. The minimum absolute atomic E-state index is 0.0509. The molecule has 0 unspecified atom stereocenters. The highest BCUT2D eigenvalue weighted by Gasteiger charge is 2.25. The summed E-state index contributed by atoms with van der Waals surface area (Å²) in [5.41, 5.74) is 4.48. The number of aromatic nitrogens is 3. The smallest absolute Gasteiger partial charge is 0.251 e. The quantitative estimate of drug-likeness (QED) is 0.290. The third kappa shape index (κ3) is 5.78. The Morgan fingerprint density at radius 2 is 1.95 bits per heavy atom. The molecule has 0 bridgehead atoms. The summed E-state index contributed by atoms with van der Waals surface area (Å²) in [6.45, 7) is 7.62. The molecule has 3 N–H and O–H groups in total. The van der Waals surface area contributed by atoms with Crippen LogP contribution in [-0.4, -0.2) is 43.8 Å². The van der Waals surface area contributed by atoms with Crippen LogP contribution in [0.5, 0.6) is 0 Å². The standard InChI is InChI=1S/C28H30FN5O2S/c1-16-5-7-19(29)12-24(16)37-25-13-22(31-15-28(3,4)36)26-30-14-23(34(26)33-25)18-6-10-21(17(2)11-18)27(35)32-20-8-9-20/h5-7,10-14,20,31,36H,8-9,15H2,1-4H3,(H,32,35). The van der Waals surface area contributed by atoms with Gasteiger partial charge in [-0.1, -0.05) is 23.9 Å². The molecule has 7 nitrogen and oxygen atoms in total. The summed E-state index contributed by atoms with van der Waals surface area (Å²) >= 11 is 1.36. The number of amides is 1. The van der Waals surface area contributed by atoms with Crippen LogP contribution < -0.4 is 10.6 Å². The van der Waals surface area contributed by atoms with E-state index in [2.05, 4.69) is 15.6 Å². The first-order valence-corrected chi connectivity index (χ1v) is 13.1. The second-order valence-corrected chi connectivity index (χ2v) is 11.3. The Hall–Kier alpha value is -3.43. The molecule has 4 aromatic rings. The number of hydrogen-bond acceptors (Lipinski definition) is 6. The van der Waals surface area contributed by atoms with Gasteiger partial charge in [-0.25, -0.2) is 13.9 Å². The zero-order valence-corrected chi connectivity index (χ0v) is 22.1. The predicted molar refractivity (Wildman–Crippen MR) is 144 cm³/mol. The van der Waals surface area contributed by atoms with Gasteiger partial charge in [0.25, 0.3) is 5.91 Å². The molecule has 0 spiro atoms. The molecule has 1 saturated carbocycles. The molecule has 1 amide bonds. The third-order valence-corrected chi connectivity index (χ3v) is 7.27. The van der Waals surface area contributed by atoms with E-state index in [9.17, 15) is 14.3 Å². The minimum Gasteiger partial charge on any atom is -0.389 e. The van der Waals surface area contributed by atoms with E-state index in [1.165, 1.54) is 23.9 Å². The van der Waals surface area contributed by atoms with Crippen LogP contribution in [0.15, 0.2) is 58.6 Å². The minimum atomic E-state index is -0.934. The molecule has 0 atom stereocenters. The van der Waals surface area contributed by atoms with Crippen LogP contribution in [0.25, 0.3) is 16.9 Å². The zero-order valence-electron chi connectivity index (χ0n) is 21.3. The van der Waals surface area contributed by atoms with Crippen LogP contribution in [0.2, 0.25) is 0 Å². The number of hydrogen-bond donors (Lipinski definition) is 3. The lowest BCUT2D eigenvalue weighted by Crippen LogP contribution is -2.29. The van der Waals surface area contributed by atoms with Crippen molar-refractivity contribution in [3.8, 4) is 11.3 Å². The maximum atomic E-state index is 14.0. The number of carbonyl (C=O) groups excluding carboxylic acids is 1. The molecular formula is C28H30FN5O2S. The summed E-state index contributed by atoms with van der Waals surface area (Å²) in [6, 6.07) is 12.6. The third-order valence-electron chi connectivity index (χ3n) is 6.20. The van der Waals surface area contributed by atoms with E-state index in [1.807, 2.05) is 38.1 Å². The molecule has 5 rings (SSSR count). The molecule has 37 heavy (non-hydrogen) atoms. The van der Waals surface area contributed by atoms with Gasteiger partial charge >= 0.3 is 0 Å².